The van der Waals surface area contributed by atoms with Crippen LogP contribution in [0.15, 0.2) is 22.7 Å². The Balaban J connectivity index is 2.35. The number of hydrogen-bond donors (Lipinski definition) is 0. The van der Waals surface area contributed by atoms with E-state index in [4.69, 9.17) is 11.6 Å². The molecule has 0 aliphatic rings. The van der Waals surface area contributed by atoms with Crippen LogP contribution >= 0.6 is 50.1 Å². The lowest BCUT2D eigenvalue weighted by Crippen LogP contribution is -2.11. The van der Waals surface area contributed by atoms with Crippen LogP contribution in [0.25, 0.3) is 0 Å². The Bertz CT molecular complexity index is 669. The Morgan fingerprint density at radius 2 is 2.20 bits per heavy atom. The van der Waals surface area contributed by atoms with Gasteiger partial charge in [-0.05, 0) is 54.6 Å². The first kappa shape index (κ1) is 16.0. The Morgan fingerprint density at radius 3 is 2.85 bits per heavy atom. The Labute approximate surface area is 145 Å². The molecule has 20 heavy (non-hydrogen) atoms. The number of carbonyl (C=O) groups excluding carboxylic acids is 1. The minimum atomic E-state index is 0.0342. The molecule has 0 radical (unpaired) electrons. The van der Waals surface area contributed by atoms with Gasteiger partial charge in [0, 0.05) is 20.2 Å². The first-order chi connectivity index (χ1) is 9.43. The van der Waals surface area contributed by atoms with Crippen LogP contribution in [0.5, 0.6) is 0 Å². The average molecular weight is 468 g/mol. The Morgan fingerprint density at radius 1 is 1.50 bits per heavy atom. The van der Waals surface area contributed by atoms with E-state index in [1.807, 2.05) is 32.0 Å². The van der Waals surface area contributed by atoms with E-state index in [9.17, 15) is 4.79 Å². The number of halogens is 3. The number of carbonyl (C=O) groups is 1. The highest BCUT2D eigenvalue weighted by Crippen LogP contribution is 2.25. The number of ketones is 1. The molecule has 1 heterocycles. The highest BCUT2D eigenvalue weighted by Gasteiger charge is 2.18. The van der Waals surface area contributed by atoms with Crippen LogP contribution in [0.3, 0.4) is 0 Å². The smallest absolute Gasteiger partial charge is 0.170 e. The van der Waals surface area contributed by atoms with E-state index >= 15 is 0 Å². The van der Waals surface area contributed by atoms with Gasteiger partial charge in [0.1, 0.15) is 0 Å². The topological polar surface area (TPSA) is 34.9 Å². The van der Waals surface area contributed by atoms with Crippen LogP contribution in [0.1, 0.15) is 28.7 Å². The van der Waals surface area contributed by atoms with Gasteiger partial charge < -0.3 is 0 Å². The van der Waals surface area contributed by atoms with Gasteiger partial charge in [0.05, 0.1) is 22.8 Å². The van der Waals surface area contributed by atoms with Crippen molar-refractivity contribution in [2.75, 3.05) is 0 Å². The summed E-state index contributed by atoms with van der Waals surface area (Å²) < 4.78 is 3.62. The zero-order chi connectivity index (χ0) is 14.9. The fraction of sp³-hybridized carbons (Fsp3) is 0.286. The summed E-state index contributed by atoms with van der Waals surface area (Å²) in [5.41, 5.74) is 2.22. The molecular weight excluding hydrogens is 454 g/mol. The lowest BCUT2D eigenvalue weighted by atomic mass is 10.1. The lowest BCUT2D eigenvalue weighted by molar-refractivity contribution is 0.0989. The second-order valence-corrected chi connectivity index (χ2v) is 6.86. The number of nitrogens with zero attached hydrogens (tertiary/aromatic N) is 2. The molecule has 2 aromatic rings. The Kier molecular flexibility index (Phi) is 5.25. The predicted molar refractivity (Wildman–Crippen MR) is 92.5 cm³/mol. The van der Waals surface area contributed by atoms with Gasteiger partial charge in [0.25, 0.3) is 0 Å². The van der Waals surface area contributed by atoms with Gasteiger partial charge in [-0.2, -0.15) is 5.10 Å². The van der Waals surface area contributed by atoms with Gasteiger partial charge in [-0.15, -0.1) is 0 Å². The van der Waals surface area contributed by atoms with Crippen molar-refractivity contribution in [1.29, 1.82) is 0 Å². The maximum absolute atomic E-state index is 12.5. The molecular formula is C14H13BrClIN2O. The first-order valence-corrected chi connectivity index (χ1v) is 8.39. The third-order valence-corrected chi connectivity index (χ3v) is 4.86. The molecule has 106 valence electrons. The minimum Gasteiger partial charge on any atom is -0.294 e. The van der Waals surface area contributed by atoms with Crippen molar-refractivity contribution in [3.63, 3.8) is 0 Å². The van der Waals surface area contributed by atoms with Gasteiger partial charge in [0.15, 0.2) is 5.78 Å². The summed E-state index contributed by atoms with van der Waals surface area (Å²) >= 11 is 11.9. The molecule has 0 N–H and O–H groups in total. The molecule has 0 amide bonds. The van der Waals surface area contributed by atoms with Crippen molar-refractivity contribution >= 4 is 55.9 Å². The zero-order valence-corrected chi connectivity index (χ0v) is 15.6. The summed E-state index contributed by atoms with van der Waals surface area (Å²) in [5, 5.41) is 4.92. The highest BCUT2D eigenvalue weighted by molar-refractivity contribution is 14.1. The van der Waals surface area contributed by atoms with Crippen LogP contribution in [0.4, 0.5) is 0 Å². The molecule has 0 aliphatic heterocycles. The quantitative estimate of drug-likeness (QED) is 0.484. The third kappa shape index (κ3) is 3.26. The standard InChI is InChI=1S/C14H13BrClIN2O/c1-3-19-12(14(16)8(2)18-19)7-13(20)10-6-9(17)4-5-11(10)15/h4-6H,3,7H2,1-2H3. The molecule has 0 atom stereocenters. The second kappa shape index (κ2) is 6.58. The van der Waals surface area contributed by atoms with Crippen molar-refractivity contribution in [1.82, 2.24) is 9.78 Å². The molecule has 0 bridgehead atoms. The van der Waals surface area contributed by atoms with Gasteiger partial charge >= 0.3 is 0 Å². The van der Waals surface area contributed by atoms with Crippen molar-refractivity contribution in [2.24, 2.45) is 0 Å². The van der Waals surface area contributed by atoms with Crippen molar-refractivity contribution in [3.8, 4) is 0 Å². The minimum absolute atomic E-state index is 0.0342. The van der Waals surface area contributed by atoms with Crippen LogP contribution in [-0.4, -0.2) is 15.6 Å². The van der Waals surface area contributed by atoms with Gasteiger partial charge in [0.2, 0.25) is 0 Å². The highest BCUT2D eigenvalue weighted by atomic mass is 127. The second-order valence-electron chi connectivity index (χ2n) is 4.39. The summed E-state index contributed by atoms with van der Waals surface area (Å²) in [6.07, 6.45) is 0.256. The van der Waals surface area contributed by atoms with Gasteiger partial charge in [-0.3, -0.25) is 9.48 Å². The van der Waals surface area contributed by atoms with E-state index in [-0.39, 0.29) is 12.2 Å². The largest absolute Gasteiger partial charge is 0.294 e. The molecule has 0 unspecified atom stereocenters. The molecule has 0 saturated carbocycles. The average Bonchev–Trinajstić information content (AvgIpc) is 2.69. The van der Waals surface area contributed by atoms with E-state index in [2.05, 4.69) is 43.6 Å². The third-order valence-electron chi connectivity index (χ3n) is 3.01. The number of aromatic nitrogens is 2. The van der Waals surface area contributed by atoms with Crippen molar-refractivity contribution < 1.29 is 4.79 Å². The number of hydrogen-bond acceptors (Lipinski definition) is 2. The fourth-order valence-electron chi connectivity index (χ4n) is 2.00. The summed E-state index contributed by atoms with van der Waals surface area (Å²) in [6, 6.07) is 5.72. The van der Waals surface area contributed by atoms with Crippen molar-refractivity contribution in [3.05, 3.63) is 48.2 Å². The Hall–Kier alpha value is -0.400. The van der Waals surface area contributed by atoms with Crippen molar-refractivity contribution in [2.45, 2.75) is 26.8 Å². The molecule has 0 fully saturated rings. The monoisotopic (exact) mass is 466 g/mol. The fourth-order valence-corrected chi connectivity index (χ4v) is 3.16. The summed E-state index contributed by atoms with van der Waals surface area (Å²) in [5.74, 6) is 0.0342. The van der Waals surface area contributed by atoms with Crippen LogP contribution in [0, 0.1) is 10.5 Å². The lowest BCUT2D eigenvalue weighted by Gasteiger charge is -2.07. The predicted octanol–water partition coefficient (Wildman–Crippen LogP) is 4.66. The first-order valence-electron chi connectivity index (χ1n) is 6.14. The summed E-state index contributed by atoms with van der Waals surface area (Å²) in [4.78, 5) is 12.5. The molecule has 6 heteroatoms. The zero-order valence-electron chi connectivity index (χ0n) is 11.1. The van der Waals surface area contributed by atoms with Crippen LogP contribution in [-0.2, 0) is 13.0 Å². The van der Waals surface area contributed by atoms with Gasteiger partial charge in [-0.25, -0.2) is 0 Å². The SMILES string of the molecule is CCn1nc(C)c(Cl)c1CC(=O)c1cc(I)ccc1Br. The summed E-state index contributed by atoms with van der Waals surface area (Å²) in [7, 11) is 0. The molecule has 3 nitrogen and oxygen atoms in total. The normalized spacial score (nSPS) is 10.8. The number of rotatable bonds is 4. The van der Waals surface area contributed by atoms with E-state index in [0.717, 1.165) is 19.4 Å². The maximum atomic E-state index is 12.5. The van der Waals surface area contributed by atoms with E-state index in [1.165, 1.54) is 0 Å². The number of Topliss-reactive ketones (excluding diaryl/α,β-unsaturated/α-hetero) is 1. The van der Waals surface area contributed by atoms with Gasteiger partial charge in [-0.1, -0.05) is 27.5 Å². The van der Waals surface area contributed by atoms with Crippen LogP contribution in [0.2, 0.25) is 5.02 Å². The number of benzene rings is 1. The maximum Gasteiger partial charge on any atom is 0.170 e. The molecule has 0 aliphatic carbocycles. The molecule has 1 aromatic heterocycles. The summed E-state index contributed by atoms with van der Waals surface area (Å²) in [6.45, 7) is 4.53. The van der Waals surface area contributed by atoms with Crippen LogP contribution < -0.4 is 0 Å². The van der Waals surface area contributed by atoms with E-state index in [1.54, 1.807) is 4.68 Å². The molecule has 0 spiro atoms. The molecule has 2 rings (SSSR count). The number of aryl methyl sites for hydroxylation is 2. The van der Waals surface area contributed by atoms with E-state index in [0.29, 0.717) is 17.1 Å². The molecule has 1 aromatic carbocycles. The van der Waals surface area contributed by atoms with E-state index < -0.39 is 0 Å². The molecule has 0 saturated heterocycles.